The van der Waals surface area contributed by atoms with Crippen LogP contribution in [-0.2, 0) is 0 Å². The van der Waals surface area contributed by atoms with Crippen molar-refractivity contribution in [3.63, 3.8) is 0 Å². The third-order valence-electron chi connectivity index (χ3n) is 0. The molecule has 0 spiro atoms. The summed E-state index contributed by atoms with van der Waals surface area (Å²) < 4.78 is 0. The van der Waals surface area contributed by atoms with Gasteiger partial charge in [0.1, 0.15) is 0 Å². The summed E-state index contributed by atoms with van der Waals surface area (Å²) in [5, 5.41) is 0. The predicted molar refractivity (Wildman–Crippen MR) is 35.8 cm³/mol. The van der Waals surface area contributed by atoms with Crippen LogP contribution in [0.1, 0.15) is 0 Å². The van der Waals surface area contributed by atoms with Crippen LogP contribution in [0.25, 0.3) is 0 Å². The molecule has 0 heterocycles. The summed E-state index contributed by atoms with van der Waals surface area (Å²) in [7, 11) is 0. The second-order valence-electron chi connectivity index (χ2n) is 0. The molecule has 0 bridgehead atoms. The molecule has 0 aliphatic carbocycles. The van der Waals surface area contributed by atoms with Gasteiger partial charge < -0.3 is 11.0 Å². The molecule has 6 heavy (non-hydrogen) atoms. The first-order valence-electron chi connectivity index (χ1n) is 0. The van der Waals surface area contributed by atoms with E-state index in [0.717, 1.165) is 0 Å². The Morgan fingerprint density at radius 2 is 0.333 bits per heavy atom. The molecule has 0 rings (SSSR count). The van der Waals surface area contributed by atoms with Gasteiger partial charge in [-0.05, 0) is 0 Å². The van der Waals surface area contributed by atoms with Gasteiger partial charge in [-0.2, -0.15) is 0 Å². The molecule has 0 atom stereocenters. The molecule has 0 aromatic heterocycles. The van der Waals surface area contributed by atoms with Crippen molar-refractivity contribution in [2.45, 2.75) is 0 Å². The first-order chi connectivity index (χ1) is 0. The van der Waals surface area contributed by atoms with Crippen LogP contribution in [-0.4, -0.2) is 129 Å². The molecule has 0 aromatic rings. The van der Waals surface area contributed by atoms with Gasteiger partial charge in [-0.15, -0.1) is 0 Å². The second-order valence-corrected chi connectivity index (χ2v) is 0. The van der Waals surface area contributed by atoms with Crippen LogP contribution in [0.2, 0.25) is 0 Å². The van der Waals surface area contributed by atoms with Gasteiger partial charge in [0.05, 0.1) is 0 Å². The molecule has 24 valence electrons. The van der Waals surface area contributed by atoms with Crippen molar-refractivity contribution in [2.24, 2.45) is 0 Å². The number of rotatable bonds is 0. The van der Waals surface area contributed by atoms with E-state index in [-0.39, 0.29) is 129 Å². The van der Waals surface area contributed by atoms with Crippen LogP contribution in [0.5, 0.6) is 0 Å². The maximum absolute atomic E-state index is 0. The molecule has 0 fully saturated rings. The van der Waals surface area contributed by atoms with Crippen molar-refractivity contribution in [3.05, 3.63) is 0 Å². The average Bonchev–Trinajstić information content (AvgIpc) is 0. The van der Waals surface area contributed by atoms with Crippen LogP contribution >= 0.6 is 0 Å². The normalized spacial score (nSPS) is 0. The Morgan fingerprint density at radius 3 is 0.333 bits per heavy atom. The van der Waals surface area contributed by atoms with E-state index in [1.54, 1.807) is 0 Å². The van der Waals surface area contributed by atoms with E-state index in [4.69, 9.17) is 0 Å². The van der Waals surface area contributed by atoms with Gasteiger partial charge in [0.15, 0.2) is 0 Å². The van der Waals surface area contributed by atoms with Gasteiger partial charge in [-0.1, -0.05) is 0 Å². The molecule has 0 aromatic carbocycles. The summed E-state index contributed by atoms with van der Waals surface area (Å²) in [5.41, 5.74) is 0. The van der Waals surface area contributed by atoms with E-state index < -0.39 is 0 Å². The summed E-state index contributed by atoms with van der Waals surface area (Å²) in [5.74, 6) is 0. The molecule has 4 N–H and O–H groups in total. The summed E-state index contributed by atoms with van der Waals surface area (Å²) >= 11 is 0. The molecule has 0 unspecified atom stereocenters. The second kappa shape index (κ2) is 36.4. The van der Waals surface area contributed by atoms with Crippen molar-refractivity contribution in [2.75, 3.05) is 0 Å². The van der Waals surface area contributed by atoms with Gasteiger partial charge >= 0.3 is 118 Å². The molecule has 0 saturated carbocycles. The minimum atomic E-state index is 0. The topological polar surface area (TPSA) is 63.0 Å². The van der Waals surface area contributed by atoms with Gasteiger partial charge in [0, 0.05) is 0 Å². The van der Waals surface area contributed by atoms with Crippen molar-refractivity contribution < 1.29 is 11.0 Å². The minimum absolute atomic E-state index is 0. The summed E-state index contributed by atoms with van der Waals surface area (Å²) in [6.07, 6.45) is 0. The molecule has 0 saturated heterocycles. The van der Waals surface area contributed by atoms with Crippen LogP contribution in [0.15, 0.2) is 0 Å². The molecule has 0 amide bonds. The SMILES string of the molecule is O.O.[NaH].[NaH].[NaH].[NaH]. The zero-order valence-corrected chi connectivity index (χ0v) is 1.00. The van der Waals surface area contributed by atoms with Crippen molar-refractivity contribution >= 4 is 118 Å². The van der Waals surface area contributed by atoms with E-state index in [9.17, 15) is 0 Å². The summed E-state index contributed by atoms with van der Waals surface area (Å²) in [6, 6.07) is 0. The Bertz CT molecular complexity index is 5.51. The van der Waals surface area contributed by atoms with E-state index in [0.29, 0.717) is 0 Å². The Balaban J connectivity index is 0. The number of hydrogen-bond donors (Lipinski definition) is 0. The average molecular weight is 132 g/mol. The van der Waals surface area contributed by atoms with Crippen LogP contribution in [0.4, 0.5) is 0 Å². The fourth-order valence-corrected chi connectivity index (χ4v) is 0. The zero-order valence-electron chi connectivity index (χ0n) is 1.00. The molecular formula is H8Na4O2. The Morgan fingerprint density at radius 1 is 0.333 bits per heavy atom. The Labute approximate surface area is 126 Å². The molecule has 0 aliphatic rings. The predicted octanol–water partition coefficient (Wildman–Crippen LogP) is -4.24. The van der Waals surface area contributed by atoms with Gasteiger partial charge in [-0.3, -0.25) is 0 Å². The molecule has 6 heteroatoms. The molecule has 0 radical (unpaired) electrons. The van der Waals surface area contributed by atoms with Crippen LogP contribution < -0.4 is 0 Å². The fourth-order valence-electron chi connectivity index (χ4n) is 0. The zero-order chi connectivity index (χ0) is 0. The van der Waals surface area contributed by atoms with Crippen molar-refractivity contribution in [1.82, 2.24) is 0 Å². The first kappa shape index (κ1) is 51.4. The summed E-state index contributed by atoms with van der Waals surface area (Å²) in [4.78, 5) is 0. The maximum atomic E-state index is 0. The molecular weight excluding hydrogens is 124 g/mol. The van der Waals surface area contributed by atoms with E-state index in [1.165, 1.54) is 0 Å². The standard InChI is InChI=1S/4Na.2H2O.4H/h;;;;2*1H2;;;;. The van der Waals surface area contributed by atoms with E-state index in [1.807, 2.05) is 0 Å². The third-order valence-corrected chi connectivity index (χ3v) is 0. The third kappa shape index (κ3) is 24.7. The van der Waals surface area contributed by atoms with Gasteiger partial charge in [0.25, 0.3) is 0 Å². The first-order valence-corrected chi connectivity index (χ1v) is 0. The molecule has 2 nitrogen and oxygen atoms in total. The van der Waals surface area contributed by atoms with E-state index in [2.05, 4.69) is 0 Å². The van der Waals surface area contributed by atoms with Gasteiger partial charge in [0.2, 0.25) is 0 Å². The van der Waals surface area contributed by atoms with Gasteiger partial charge in [-0.25, -0.2) is 0 Å². The quantitative estimate of drug-likeness (QED) is 0.300. The molecule has 0 aliphatic heterocycles. The Kier molecular flexibility index (Phi) is 312. The van der Waals surface area contributed by atoms with Crippen LogP contribution in [0.3, 0.4) is 0 Å². The van der Waals surface area contributed by atoms with Crippen molar-refractivity contribution in [3.8, 4) is 0 Å². The summed E-state index contributed by atoms with van der Waals surface area (Å²) in [6.45, 7) is 0. The van der Waals surface area contributed by atoms with Crippen molar-refractivity contribution in [1.29, 1.82) is 0 Å². The fraction of sp³-hybridized carbons (Fsp3) is 0. The number of hydrogen-bond acceptors (Lipinski definition) is 0. The van der Waals surface area contributed by atoms with Crippen LogP contribution in [0, 0.1) is 0 Å². The Hall–Kier alpha value is 3.92. The monoisotopic (exact) mass is 132 g/mol. The van der Waals surface area contributed by atoms with E-state index >= 15 is 0 Å².